The molecule has 2 aromatic heterocycles. The maximum atomic E-state index is 13.0. The fourth-order valence-corrected chi connectivity index (χ4v) is 3.26. The lowest BCUT2D eigenvalue weighted by molar-refractivity contribution is -0.119. The Hall–Kier alpha value is -2.83. The number of hydrogen-bond donors (Lipinski definition) is 1. The SMILES string of the molecule is CC(=O)NCc1cnc(C)nc1[C@H]1CCCN1C(=O)c1cccc(C)n1. The zero-order chi connectivity index (χ0) is 18.7. The summed E-state index contributed by atoms with van der Waals surface area (Å²) in [5.74, 6) is 0.456. The average Bonchev–Trinajstić information content (AvgIpc) is 3.09. The van der Waals surface area contributed by atoms with Crippen LogP contribution in [0, 0.1) is 13.8 Å². The predicted octanol–water partition coefficient (Wildman–Crippen LogP) is 2.10. The number of pyridine rings is 1. The molecule has 0 spiro atoms. The van der Waals surface area contributed by atoms with E-state index in [9.17, 15) is 9.59 Å². The Morgan fingerprint density at radius 3 is 2.81 bits per heavy atom. The molecule has 1 aliphatic heterocycles. The van der Waals surface area contributed by atoms with Crippen molar-refractivity contribution in [3.05, 3.63) is 52.9 Å². The third-order valence-electron chi connectivity index (χ3n) is 4.48. The highest BCUT2D eigenvalue weighted by atomic mass is 16.2. The topological polar surface area (TPSA) is 88.1 Å². The van der Waals surface area contributed by atoms with E-state index in [1.54, 1.807) is 12.3 Å². The second-order valence-corrected chi connectivity index (χ2v) is 6.56. The predicted molar refractivity (Wildman–Crippen MR) is 96.3 cm³/mol. The van der Waals surface area contributed by atoms with Crippen molar-refractivity contribution >= 4 is 11.8 Å². The van der Waals surface area contributed by atoms with Crippen LogP contribution in [0.15, 0.2) is 24.4 Å². The van der Waals surface area contributed by atoms with E-state index >= 15 is 0 Å². The van der Waals surface area contributed by atoms with Gasteiger partial charge in [-0.05, 0) is 38.8 Å². The van der Waals surface area contributed by atoms with Gasteiger partial charge in [0.05, 0.1) is 11.7 Å². The van der Waals surface area contributed by atoms with Crippen LogP contribution in [0.1, 0.15) is 59.1 Å². The highest BCUT2D eigenvalue weighted by Gasteiger charge is 2.33. The van der Waals surface area contributed by atoms with Gasteiger partial charge < -0.3 is 10.2 Å². The van der Waals surface area contributed by atoms with Crippen molar-refractivity contribution in [1.82, 2.24) is 25.2 Å². The van der Waals surface area contributed by atoms with E-state index in [1.807, 2.05) is 30.9 Å². The van der Waals surface area contributed by atoms with Crippen LogP contribution < -0.4 is 5.32 Å². The van der Waals surface area contributed by atoms with E-state index in [0.29, 0.717) is 24.6 Å². The second-order valence-electron chi connectivity index (χ2n) is 6.56. The third kappa shape index (κ3) is 3.87. The van der Waals surface area contributed by atoms with Crippen molar-refractivity contribution in [3.63, 3.8) is 0 Å². The number of carbonyl (C=O) groups excluding carboxylic acids is 2. The van der Waals surface area contributed by atoms with Gasteiger partial charge in [-0.3, -0.25) is 9.59 Å². The number of nitrogens with one attached hydrogen (secondary N) is 1. The van der Waals surface area contributed by atoms with Crippen LogP contribution in [0.25, 0.3) is 0 Å². The fourth-order valence-electron chi connectivity index (χ4n) is 3.26. The maximum absolute atomic E-state index is 13.0. The van der Waals surface area contributed by atoms with Crippen LogP contribution in [0.2, 0.25) is 0 Å². The van der Waals surface area contributed by atoms with Crippen LogP contribution in [-0.4, -0.2) is 38.2 Å². The average molecular weight is 353 g/mol. The Kier molecular flexibility index (Phi) is 5.25. The first-order chi connectivity index (χ1) is 12.5. The molecular formula is C19H23N5O2. The van der Waals surface area contributed by atoms with E-state index in [-0.39, 0.29) is 17.9 Å². The highest BCUT2D eigenvalue weighted by molar-refractivity contribution is 5.92. The lowest BCUT2D eigenvalue weighted by atomic mass is 10.1. The van der Waals surface area contributed by atoms with Crippen LogP contribution in [0.3, 0.4) is 0 Å². The van der Waals surface area contributed by atoms with Crippen molar-refractivity contribution < 1.29 is 9.59 Å². The molecule has 7 nitrogen and oxygen atoms in total. The number of carbonyl (C=O) groups is 2. The highest BCUT2D eigenvalue weighted by Crippen LogP contribution is 2.33. The Morgan fingerprint density at radius 1 is 1.27 bits per heavy atom. The summed E-state index contributed by atoms with van der Waals surface area (Å²) in [6.07, 6.45) is 3.48. The van der Waals surface area contributed by atoms with Crippen LogP contribution in [0.4, 0.5) is 0 Å². The summed E-state index contributed by atoms with van der Waals surface area (Å²) in [5, 5.41) is 2.79. The van der Waals surface area contributed by atoms with Gasteiger partial charge in [0, 0.05) is 37.5 Å². The van der Waals surface area contributed by atoms with Crippen LogP contribution in [0.5, 0.6) is 0 Å². The Labute approximate surface area is 152 Å². The molecule has 0 aromatic carbocycles. The molecule has 3 heterocycles. The monoisotopic (exact) mass is 353 g/mol. The zero-order valence-corrected chi connectivity index (χ0v) is 15.3. The standard InChI is InChI=1S/C19H23N5O2/c1-12-6-4-7-16(22-12)19(26)24-9-5-8-17(24)18-15(11-21-14(3)25)10-20-13(2)23-18/h4,6-7,10,17H,5,8-9,11H2,1-3H3,(H,21,25)/t17-/m1/s1. The molecule has 7 heteroatoms. The maximum Gasteiger partial charge on any atom is 0.273 e. The van der Waals surface area contributed by atoms with Crippen molar-refractivity contribution in [1.29, 1.82) is 0 Å². The molecule has 1 aliphatic rings. The second kappa shape index (κ2) is 7.59. The van der Waals surface area contributed by atoms with Gasteiger partial charge in [-0.15, -0.1) is 0 Å². The first kappa shape index (κ1) is 18.0. The summed E-state index contributed by atoms with van der Waals surface area (Å²) in [6, 6.07) is 5.33. The summed E-state index contributed by atoms with van der Waals surface area (Å²) < 4.78 is 0. The van der Waals surface area contributed by atoms with Crippen LogP contribution >= 0.6 is 0 Å². The van der Waals surface area contributed by atoms with Crippen LogP contribution in [-0.2, 0) is 11.3 Å². The fraction of sp³-hybridized carbons (Fsp3) is 0.421. The van der Waals surface area contributed by atoms with E-state index in [2.05, 4.69) is 20.3 Å². The molecule has 0 unspecified atom stereocenters. The number of rotatable bonds is 4. The molecule has 26 heavy (non-hydrogen) atoms. The Bertz CT molecular complexity index is 836. The molecule has 1 fully saturated rings. The van der Waals surface area contributed by atoms with Gasteiger partial charge in [-0.1, -0.05) is 6.07 Å². The quantitative estimate of drug-likeness (QED) is 0.909. The first-order valence-electron chi connectivity index (χ1n) is 8.77. The summed E-state index contributed by atoms with van der Waals surface area (Å²) >= 11 is 0. The molecule has 2 aromatic rings. The molecule has 0 radical (unpaired) electrons. The van der Waals surface area contributed by atoms with Crippen molar-refractivity contribution in [3.8, 4) is 0 Å². The van der Waals surface area contributed by atoms with Crippen molar-refractivity contribution in [2.75, 3.05) is 6.54 Å². The molecule has 2 amide bonds. The molecule has 1 saturated heterocycles. The zero-order valence-electron chi connectivity index (χ0n) is 15.3. The largest absolute Gasteiger partial charge is 0.352 e. The van der Waals surface area contributed by atoms with Gasteiger partial charge in [-0.2, -0.15) is 0 Å². The molecule has 0 bridgehead atoms. The third-order valence-corrected chi connectivity index (χ3v) is 4.48. The van der Waals surface area contributed by atoms with Crippen molar-refractivity contribution in [2.24, 2.45) is 0 Å². The van der Waals surface area contributed by atoms with Gasteiger partial charge in [0.1, 0.15) is 11.5 Å². The molecule has 1 N–H and O–H groups in total. The summed E-state index contributed by atoms with van der Waals surface area (Å²) in [7, 11) is 0. The minimum atomic E-state index is -0.129. The van der Waals surface area contributed by atoms with Gasteiger partial charge in [0.25, 0.3) is 5.91 Å². The molecular weight excluding hydrogens is 330 g/mol. The van der Waals surface area contributed by atoms with Gasteiger partial charge >= 0.3 is 0 Å². The van der Waals surface area contributed by atoms with E-state index < -0.39 is 0 Å². The molecule has 1 atom stereocenters. The smallest absolute Gasteiger partial charge is 0.273 e. The van der Waals surface area contributed by atoms with Gasteiger partial charge in [0.15, 0.2) is 0 Å². The lowest BCUT2D eigenvalue weighted by Crippen LogP contribution is -2.33. The normalized spacial score (nSPS) is 16.6. The number of likely N-dealkylation sites (tertiary alicyclic amines) is 1. The molecule has 3 rings (SSSR count). The summed E-state index contributed by atoms with van der Waals surface area (Å²) in [4.78, 5) is 39.3. The minimum absolute atomic E-state index is 0.0852. The number of hydrogen-bond acceptors (Lipinski definition) is 5. The Balaban J connectivity index is 1.91. The van der Waals surface area contributed by atoms with E-state index in [0.717, 1.165) is 29.8 Å². The molecule has 0 aliphatic carbocycles. The van der Waals surface area contributed by atoms with Crippen molar-refractivity contribution in [2.45, 2.75) is 46.2 Å². The number of nitrogens with zero attached hydrogens (tertiary/aromatic N) is 4. The lowest BCUT2D eigenvalue weighted by Gasteiger charge is -2.26. The first-order valence-corrected chi connectivity index (χ1v) is 8.77. The molecule has 136 valence electrons. The van der Waals surface area contributed by atoms with E-state index in [1.165, 1.54) is 6.92 Å². The summed E-state index contributed by atoms with van der Waals surface area (Å²) in [6.45, 7) is 6.20. The molecule has 0 saturated carbocycles. The number of aryl methyl sites for hydroxylation is 2. The van der Waals surface area contributed by atoms with E-state index in [4.69, 9.17) is 0 Å². The van der Waals surface area contributed by atoms with Gasteiger partial charge in [-0.25, -0.2) is 15.0 Å². The van der Waals surface area contributed by atoms with Gasteiger partial charge in [0.2, 0.25) is 5.91 Å². The number of amides is 2. The minimum Gasteiger partial charge on any atom is -0.352 e. The summed E-state index contributed by atoms with van der Waals surface area (Å²) in [5.41, 5.74) is 2.92. The Morgan fingerprint density at radius 2 is 2.08 bits per heavy atom. The number of aromatic nitrogens is 3.